The molecular weight excluding hydrogens is 218 g/mol. The molecule has 0 atom stereocenters. The van der Waals surface area contributed by atoms with Crippen molar-refractivity contribution in [3.05, 3.63) is 22.9 Å². The Bertz CT molecular complexity index is 433. The van der Waals surface area contributed by atoms with Crippen molar-refractivity contribution in [1.29, 1.82) is 0 Å². The summed E-state index contributed by atoms with van der Waals surface area (Å²) in [6, 6.07) is 1.96. The third-order valence-electron chi connectivity index (χ3n) is 1.89. The minimum Gasteiger partial charge on any atom is -0.383 e. The monoisotopic (exact) mass is 225 g/mol. The van der Waals surface area contributed by atoms with Gasteiger partial charge in [0.25, 0.3) is 0 Å². The smallest absolute Gasteiger partial charge is 0.132 e. The number of hydrogen-bond donors (Lipinski definition) is 1. The predicted octanol–water partition coefficient (Wildman–Crippen LogP) is 1.92. The van der Waals surface area contributed by atoms with Crippen LogP contribution >= 0.6 is 15.9 Å². The molecule has 0 fully saturated rings. The van der Waals surface area contributed by atoms with E-state index in [9.17, 15) is 0 Å². The fraction of sp³-hybridized carbons (Fsp3) is 0.125. The van der Waals surface area contributed by atoms with Gasteiger partial charge in [-0.25, -0.2) is 4.98 Å². The van der Waals surface area contributed by atoms with Gasteiger partial charge in [-0.05, 0) is 22.0 Å². The Hall–Kier alpha value is -1.03. The van der Waals surface area contributed by atoms with Crippen LogP contribution < -0.4 is 5.73 Å². The van der Waals surface area contributed by atoms with Gasteiger partial charge in [-0.15, -0.1) is 0 Å². The van der Waals surface area contributed by atoms with Crippen LogP contribution in [0.25, 0.3) is 10.9 Å². The SMILES string of the molecule is Cn1ccc2c(N)ncc(Br)c21. The van der Waals surface area contributed by atoms with Crippen LogP contribution in [0.5, 0.6) is 0 Å². The van der Waals surface area contributed by atoms with Gasteiger partial charge in [0, 0.05) is 24.8 Å². The summed E-state index contributed by atoms with van der Waals surface area (Å²) in [5.74, 6) is 0.578. The maximum Gasteiger partial charge on any atom is 0.132 e. The van der Waals surface area contributed by atoms with Gasteiger partial charge in [-0.2, -0.15) is 0 Å². The molecule has 0 aliphatic rings. The van der Waals surface area contributed by atoms with Crippen LogP contribution in [0.2, 0.25) is 0 Å². The summed E-state index contributed by atoms with van der Waals surface area (Å²) in [7, 11) is 1.98. The molecule has 62 valence electrons. The summed E-state index contributed by atoms with van der Waals surface area (Å²) >= 11 is 3.42. The predicted molar refractivity (Wildman–Crippen MR) is 52.8 cm³/mol. The zero-order chi connectivity index (χ0) is 8.72. The molecule has 0 radical (unpaired) electrons. The molecule has 2 heterocycles. The molecule has 4 heteroatoms. The van der Waals surface area contributed by atoms with Crippen LogP contribution in [0.1, 0.15) is 0 Å². The molecule has 0 saturated carbocycles. The Morgan fingerprint density at radius 2 is 2.33 bits per heavy atom. The van der Waals surface area contributed by atoms with Crippen molar-refractivity contribution >= 4 is 32.7 Å². The first-order chi connectivity index (χ1) is 5.70. The first-order valence-electron chi connectivity index (χ1n) is 3.55. The van der Waals surface area contributed by atoms with Crippen molar-refractivity contribution in [2.45, 2.75) is 0 Å². The summed E-state index contributed by atoms with van der Waals surface area (Å²) in [6.07, 6.45) is 3.69. The van der Waals surface area contributed by atoms with Gasteiger partial charge in [-0.1, -0.05) is 0 Å². The van der Waals surface area contributed by atoms with Gasteiger partial charge in [0.1, 0.15) is 5.82 Å². The van der Waals surface area contributed by atoms with Crippen molar-refractivity contribution in [2.24, 2.45) is 7.05 Å². The number of anilines is 1. The summed E-state index contributed by atoms with van der Waals surface area (Å²) in [6.45, 7) is 0. The maximum atomic E-state index is 5.69. The Morgan fingerprint density at radius 1 is 1.58 bits per heavy atom. The summed E-state index contributed by atoms with van der Waals surface area (Å²) in [5, 5.41) is 0.992. The lowest BCUT2D eigenvalue weighted by Crippen LogP contribution is -1.92. The Balaban J connectivity index is 2.98. The van der Waals surface area contributed by atoms with Gasteiger partial charge in [-0.3, -0.25) is 0 Å². The van der Waals surface area contributed by atoms with Gasteiger partial charge in [0.15, 0.2) is 0 Å². The lowest BCUT2D eigenvalue weighted by atomic mass is 10.3. The highest BCUT2D eigenvalue weighted by Crippen LogP contribution is 2.26. The first kappa shape index (κ1) is 7.61. The molecule has 3 nitrogen and oxygen atoms in total. The number of nitrogens with two attached hydrogens (primary N) is 1. The molecule has 0 saturated heterocycles. The third kappa shape index (κ3) is 0.914. The highest BCUT2D eigenvalue weighted by molar-refractivity contribution is 9.10. The number of nitrogens with zero attached hydrogens (tertiary/aromatic N) is 2. The zero-order valence-corrected chi connectivity index (χ0v) is 8.17. The molecule has 2 aromatic rings. The Morgan fingerprint density at radius 3 is 3.00 bits per heavy atom. The van der Waals surface area contributed by atoms with E-state index in [1.807, 2.05) is 23.9 Å². The number of fused-ring (bicyclic) bond motifs is 1. The Kier molecular flexibility index (Phi) is 1.58. The van der Waals surface area contributed by atoms with Gasteiger partial charge in [0.05, 0.1) is 9.99 Å². The van der Waals surface area contributed by atoms with Crippen molar-refractivity contribution < 1.29 is 0 Å². The highest BCUT2D eigenvalue weighted by Gasteiger charge is 2.05. The third-order valence-corrected chi connectivity index (χ3v) is 2.47. The van der Waals surface area contributed by atoms with Crippen LogP contribution in [-0.4, -0.2) is 9.55 Å². The number of pyridine rings is 1. The van der Waals surface area contributed by atoms with E-state index in [1.54, 1.807) is 6.20 Å². The fourth-order valence-electron chi connectivity index (χ4n) is 1.29. The van der Waals surface area contributed by atoms with Crippen LogP contribution in [0.4, 0.5) is 5.82 Å². The summed E-state index contributed by atoms with van der Waals surface area (Å²) < 4.78 is 2.98. The molecule has 0 amide bonds. The largest absolute Gasteiger partial charge is 0.383 e. The molecule has 2 aromatic heterocycles. The average molecular weight is 226 g/mol. The van der Waals surface area contributed by atoms with Crippen LogP contribution in [0.3, 0.4) is 0 Å². The summed E-state index contributed by atoms with van der Waals surface area (Å²) in [5.41, 5.74) is 6.78. The minimum absolute atomic E-state index is 0.578. The van der Waals surface area contributed by atoms with Crippen molar-refractivity contribution in [3.63, 3.8) is 0 Å². The number of aromatic nitrogens is 2. The number of halogens is 1. The van der Waals surface area contributed by atoms with Crippen LogP contribution in [0.15, 0.2) is 22.9 Å². The fourth-order valence-corrected chi connectivity index (χ4v) is 1.89. The molecule has 0 aliphatic heterocycles. The molecule has 0 unspecified atom stereocenters. The minimum atomic E-state index is 0.578. The quantitative estimate of drug-likeness (QED) is 0.745. The maximum absolute atomic E-state index is 5.69. The molecule has 0 spiro atoms. The van der Waals surface area contributed by atoms with E-state index >= 15 is 0 Å². The number of hydrogen-bond acceptors (Lipinski definition) is 2. The second-order valence-electron chi connectivity index (χ2n) is 2.68. The lowest BCUT2D eigenvalue weighted by Gasteiger charge is -2.00. The second kappa shape index (κ2) is 2.48. The zero-order valence-electron chi connectivity index (χ0n) is 6.58. The van der Waals surface area contributed by atoms with E-state index in [0.29, 0.717) is 5.82 Å². The topological polar surface area (TPSA) is 43.8 Å². The van der Waals surface area contributed by atoms with E-state index < -0.39 is 0 Å². The normalized spacial score (nSPS) is 10.8. The van der Waals surface area contributed by atoms with Gasteiger partial charge >= 0.3 is 0 Å². The van der Waals surface area contributed by atoms with E-state index in [4.69, 9.17) is 5.73 Å². The average Bonchev–Trinajstić information content (AvgIpc) is 2.42. The highest BCUT2D eigenvalue weighted by atomic mass is 79.9. The van der Waals surface area contributed by atoms with E-state index in [2.05, 4.69) is 20.9 Å². The van der Waals surface area contributed by atoms with E-state index in [0.717, 1.165) is 15.4 Å². The molecule has 0 aliphatic carbocycles. The molecule has 0 aromatic carbocycles. The van der Waals surface area contributed by atoms with Crippen molar-refractivity contribution in [1.82, 2.24) is 9.55 Å². The van der Waals surface area contributed by atoms with Crippen molar-refractivity contribution in [3.8, 4) is 0 Å². The molecule has 2 rings (SSSR count). The van der Waals surface area contributed by atoms with Crippen LogP contribution in [-0.2, 0) is 7.05 Å². The molecular formula is C8H8BrN3. The van der Waals surface area contributed by atoms with Crippen molar-refractivity contribution in [2.75, 3.05) is 5.73 Å². The second-order valence-corrected chi connectivity index (χ2v) is 3.53. The van der Waals surface area contributed by atoms with Gasteiger partial charge < -0.3 is 10.3 Å². The van der Waals surface area contributed by atoms with E-state index in [1.165, 1.54) is 0 Å². The summed E-state index contributed by atoms with van der Waals surface area (Å²) in [4.78, 5) is 4.04. The number of aryl methyl sites for hydroxylation is 1. The van der Waals surface area contributed by atoms with Gasteiger partial charge in [0.2, 0.25) is 0 Å². The number of rotatable bonds is 0. The Labute approximate surface area is 78.3 Å². The number of nitrogen functional groups attached to an aromatic ring is 1. The molecule has 12 heavy (non-hydrogen) atoms. The van der Waals surface area contributed by atoms with E-state index in [-0.39, 0.29) is 0 Å². The lowest BCUT2D eigenvalue weighted by molar-refractivity contribution is 0.965. The molecule has 2 N–H and O–H groups in total. The standard InChI is InChI=1S/C8H8BrN3/c1-12-3-2-5-7(12)6(9)4-11-8(5)10/h2-4H,1H3,(H2,10,11). The molecule has 0 bridgehead atoms. The van der Waals surface area contributed by atoms with Crippen LogP contribution in [0, 0.1) is 0 Å². The first-order valence-corrected chi connectivity index (χ1v) is 4.34.